The molecule has 4 heteroatoms. The topological polar surface area (TPSA) is 0 Å². The summed E-state index contributed by atoms with van der Waals surface area (Å²) in [4.78, 5) is 2.65. The molecule has 226 valence electrons. The lowest BCUT2D eigenvalue weighted by molar-refractivity contribution is 1.65. The monoisotopic (exact) mass is 682 g/mol. The van der Waals surface area contributed by atoms with Crippen LogP contribution in [-0.2, 0) is 0 Å². The van der Waals surface area contributed by atoms with Crippen LogP contribution in [0.3, 0.4) is 0 Å². The fraction of sp³-hybridized carbons (Fsp3) is 0. The van der Waals surface area contributed by atoms with E-state index in [1.807, 2.05) is 45.3 Å². The standard InChI is InChI=1S/C44H26S4/c1-5-13-27(14-6-1)37-39(29-17-9-3-10-18-29)43-33(31-21-23-45-41(31)37)25-35(47-43)36-26-34-32-22-24-46-42(32)38(28-15-7-2-8-16-28)40(44(34)48-36)30-19-11-4-12-20-30/h1-26H. The molecule has 0 bridgehead atoms. The van der Waals surface area contributed by atoms with Gasteiger partial charge in [-0.05, 0) is 57.3 Å². The Morgan fingerprint density at radius 1 is 0.292 bits per heavy atom. The normalized spacial score (nSPS) is 11.8. The third-order valence-electron chi connectivity index (χ3n) is 9.28. The summed E-state index contributed by atoms with van der Waals surface area (Å²) in [6, 6.07) is 53.4. The van der Waals surface area contributed by atoms with Crippen molar-refractivity contribution in [1.29, 1.82) is 0 Å². The minimum atomic E-state index is 1.26. The van der Waals surface area contributed by atoms with E-state index in [1.54, 1.807) is 0 Å². The van der Waals surface area contributed by atoms with Crippen LogP contribution in [-0.4, -0.2) is 0 Å². The first kappa shape index (κ1) is 28.2. The molecule has 0 saturated heterocycles. The molecule has 10 aromatic rings. The summed E-state index contributed by atoms with van der Waals surface area (Å²) in [7, 11) is 0. The Bertz CT molecular complexity index is 2550. The smallest absolute Gasteiger partial charge is 0.0456 e. The van der Waals surface area contributed by atoms with Crippen LogP contribution in [0.15, 0.2) is 156 Å². The Labute approximate surface area is 294 Å². The molecule has 4 aromatic heterocycles. The van der Waals surface area contributed by atoms with Gasteiger partial charge in [0.25, 0.3) is 0 Å². The molecule has 0 spiro atoms. The van der Waals surface area contributed by atoms with Gasteiger partial charge in [0.2, 0.25) is 0 Å². The van der Waals surface area contributed by atoms with Crippen molar-refractivity contribution in [2.45, 2.75) is 0 Å². The molecule has 0 radical (unpaired) electrons. The Balaban J connectivity index is 1.29. The van der Waals surface area contributed by atoms with E-state index in [4.69, 9.17) is 0 Å². The summed E-state index contributed by atoms with van der Waals surface area (Å²) in [5.41, 5.74) is 10.4. The molecule has 0 saturated carbocycles. The molecule has 0 aliphatic carbocycles. The van der Waals surface area contributed by atoms with Gasteiger partial charge in [-0.25, -0.2) is 0 Å². The van der Waals surface area contributed by atoms with E-state index in [0.717, 1.165) is 0 Å². The Morgan fingerprint density at radius 2 is 0.604 bits per heavy atom. The first-order valence-electron chi connectivity index (χ1n) is 16.0. The van der Waals surface area contributed by atoms with E-state index in [2.05, 4.69) is 156 Å². The minimum absolute atomic E-state index is 1.26. The predicted molar refractivity (Wildman–Crippen MR) is 215 cm³/mol. The fourth-order valence-electron chi connectivity index (χ4n) is 7.20. The highest BCUT2D eigenvalue weighted by Crippen LogP contribution is 2.54. The fourth-order valence-corrected chi connectivity index (χ4v) is 11.7. The molecule has 4 heterocycles. The number of hydrogen-bond donors (Lipinski definition) is 0. The van der Waals surface area contributed by atoms with Crippen LogP contribution < -0.4 is 0 Å². The Hall–Kier alpha value is -4.84. The van der Waals surface area contributed by atoms with E-state index in [1.165, 1.54) is 94.6 Å². The second-order valence-electron chi connectivity index (χ2n) is 12.0. The highest BCUT2D eigenvalue weighted by atomic mass is 32.1. The van der Waals surface area contributed by atoms with Gasteiger partial charge in [-0.15, -0.1) is 45.3 Å². The average Bonchev–Trinajstić information content (AvgIpc) is 3.97. The predicted octanol–water partition coefficient (Wildman–Crippen LogP) is 14.9. The van der Waals surface area contributed by atoms with Crippen LogP contribution >= 0.6 is 45.3 Å². The second-order valence-corrected chi connectivity index (χ2v) is 15.9. The number of fused-ring (bicyclic) bond motifs is 6. The van der Waals surface area contributed by atoms with Crippen molar-refractivity contribution < 1.29 is 0 Å². The van der Waals surface area contributed by atoms with Crippen molar-refractivity contribution in [2.24, 2.45) is 0 Å². The van der Waals surface area contributed by atoms with Crippen LogP contribution in [0.1, 0.15) is 0 Å². The van der Waals surface area contributed by atoms with Gasteiger partial charge in [-0.1, -0.05) is 121 Å². The molecule has 0 amide bonds. The van der Waals surface area contributed by atoms with Gasteiger partial charge in [-0.3, -0.25) is 0 Å². The van der Waals surface area contributed by atoms with Crippen LogP contribution in [0, 0.1) is 0 Å². The van der Waals surface area contributed by atoms with Crippen molar-refractivity contribution in [2.75, 3.05) is 0 Å². The van der Waals surface area contributed by atoms with E-state index >= 15 is 0 Å². The lowest BCUT2D eigenvalue weighted by Gasteiger charge is -2.14. The van der Waals surface area contributed by atoms with Crippen LogP contribution in [0.4, 0.5) is 0 Å². The summed E-state index contributed by atoms with van der Waals surface area (Å²) >= 11 is 7.59. The van der Waals surface area contributed by atoms with Crippen LogP contribution in [0.25, 0.3) is 94.6 Å². The first-order chi connectivity index (χ1) is 23.8. The van der Waals surface area contributed by atoms with Crippen molar-refractivity contribution >= 4 is 85.7 Å². The maximum absolute atomic E-state index is 2.46. The molecule has 0 N–H and O–H groups in total. The zero-order valence-corrected chi connectivity index (χ0v) is 28.9. The van der Waals surface area contributed by atoms with E-state index < -0.39 is 0 Å². The molecule has 0 unspecified atom stereocenters. The largest absolute Gasteiger partial charge is 0.143 e. The number of rotatable bonds is 5. The van der Waals surface area contributed by atoms with Gasteiger partial charge < -0.3 is 0 Å². The highest BCUT2D eigenvalue weighted by molar-refractivity contribution is 7.29. The molecule has 10 rings (SSSR count). The zero-order chi connectivity index (χ0) is 31.6. The number of thiophene rings is 4. The maximum Gasteiger partial charge on any atom is 0.0456 e. The average molecular weight is 683 g/mol. The van der Waals surface area contributed by atoms with Crippen molar-refractivity contribution in [3.8, 4) is 54.3 Å². The van der Waals surface area contributed by atoms with E-state index in [9.17, 15) is 0 Å². The lowest BCUT2D eigenvalue weighted by Crippen LogP contribution is -1.87. The van der Waals surface area contributed by atoms with Crippen molar-refractivity contribution in [3.05, 3.63) is 156 Å². The molecular formula is C44H26S4. The van der Waals surface area contributed by atoms with Crippen molar-refractivity contribution in [1.82, 2.24) is 0 Å². The van der Waals surface area contributed by atoms with Gasteiger partial charge in [0.1, 0.15) is 0 Å². The number of benzene rings is 6. The Morgan fingerprint density at radius 3 is 0.938 bits per heavy atom. The van der Waals surface area contributed by atoms with E-state index in [-0.39, 0.29) is 0 Å². The summed E-state index contributed by atoms with van der Waals surface area (Å²) < 4.78 is 5.42. The molecule has 0 aliphatic heterocycles. The molecule has 6 aromatic carbocycles. The molecule has 0 atom stereocenters. The highest BCUT2D eigenvalue weighted by Gasteiger charge is 2.24. The lowest BCUT2D eigenvalue weighted by atomic mass is 9.91. The maximum atomic E-state index is 2.46. The SMILES string of the molecule is c1ccc(-c2c(-c3ccccc3)c3sc(-c4cc5c(s4)c(-c4ccccc4)c(-c4ccccc4)c4sccc45)cc3c3ccsc23)cc1. The minimum Gasteiger partial charge on any atom is -0.143 e. The van der Waals surface area contributed by atoms with Gasteiger partial charge in [-0.2, -0.15) is 0 Å². The third-order valence-corrected chi connectivity index (χ3v) is 13.6. The second kappa shape index (κ2) is 11.4. The summed E-state index contributed by atoms with van der Waals surface area (Å²) in [6.45, 7) is 0. The quantitative estimate of drug-likeness (QED) is 0.169. The number of hydrogen-bond acceptors (Lipinski definition) is 4. The van der Waals surface area contributed by atoms with Crippen molar-refractivity contribution in [3.63, 3.8) is 0 Å². The molecule has 48 heavy (non-hydrogen) atoms. The van der Waals surface area contributed by atoms with Gasteiger partial charge >= 0.3 is 0 Å². The first-order valence-corrected chi connectivity index (χ1v) is 19.4. The Kier molecular flexibility index (Phi) is 6.70. The molecule has 0 fully saturated rings. The van der Waals surface area contributed by atoms with E-state index in [0.29, 0.717) is 0 Å². The van der Waals surface area contributed by atoms with Crippen LogP contribution in [0.5, 0.6) is 0 Å². The van der Waals surface area contributed by atoms with Gasteiger partial charge in [0, 0.05) is 72.4 Å². The summed E-state index contributed by atoms with van der Waals surface area (Å²) in [5, 5.41) is 9.88. The van der Waals surface area contributed by atoms with Crippen LogP contribution in [0.2, 0.25) is 0 Å². The summed E-state index contributed by atoms with van der Waals surface area (Å²) in [6.07, 6.45) is 0. The molecular weight excluding hydrogens is 657 g/mol. The molecule has 0 nitrogen and oxygen atoms in total. The van der Waals surface area contributed by atoms with Gasteiger partial charge in [0.05, 0.1) is 0 Å². The third kappa shape index (κ3) is 4.38. The summed E-state index contributed by atoms with van der Waals surface area (Å²) in [5.74, 6) is 0. The van der Waals surface area contributed by atoms with Gasteiger partial charge in [0.15, 0.2) is 0 Å². The molecule has 0 aliphatic rings. The zero-order valence-electron chi connectivity index (χ0n) is 25.6.